The summed E-state index contributed by atoms with van der Waals surface area (Å²) in [5.74, 6) is -0.623. The molecule has 16 nitrogen and oxygen atoms in total. The van der Waals surface area contributed by atoms with E-state index in [1.165, 1.54) is 12.8 Å². The standard InChI is InChI=1S/C43H65FN8O8/c44-32-17-30-39-42(40(32)50-7-5-26(21-50)46-37(53)20-45-25-49-11-15-58-16-12-49)60-36-18-29-28-3-1-2-4-34(28)59-35(29)19-33(36)52(39)23-31(41(30)55)43(56)51-8-6-27(22-51)47-38(54)24-48-9-13-57-14-10-48/h23,26-30,32-36,39-40,42,45H,1-22,24-25H2,(H,46,53)(H,47,54)/t26-,27-,28?,29?,30?,32?,33?,34?,35?,36?,39?,40?,42?/m1/s1. The first-order valence-electron chi connectivity index (χ1n) is 23.2. The molecule has 10 rings (SSSR count). The number of nitrogens with one attached hydrogen (secondary N) is 3. The third-order valence-electron chi connectivity index (χ3n) is 15.7. The fraction of sp³-hybridized carbons (Fsp3) is 0.860. The summed E-state index contributed by atoms with van der Waals surface area (Å²) in [5.41, 5.74) is 0.121. The zero-order valence-electron chi connectivity index (χ0n) is 34.9. The summed E-state index contributed by atoms with van der Waals surface area (Å²) in [6, 6.07) is -1.38. The van der Waals surface area contributed by atoms with Crippen LogP contribution in [0.5, 0.6) is 0 Å². The van der Waals surface area contributed by atoms with Crippen molar-refractivity contribution in [1.82, 2.24) is 40.4 Å². The molecule has 0 aromatic heterocycles. The van der Waals surface area contributed by atoms with Crippen LogP contribution in [0, 0.1) is 17.8 Å². The molecule has 0 aromatic rings. The summed E-state index contributed by atoms with van der Waals surface area (Å²) in [5, 5.41) is 9.54. The van der Waals surface area contributed by atoms with Crippen molar-refractivity contribution in [3.8, 4) is 0 Å². The summed E-state index contributed by atoms with van der Waals surface area (Å²) in [4.78, 5) is 65.3. The van der Waals surface area contributed by atoms with E-state index >= 15 is 4.39 Å². The number of ketones is 1. The molecule has 9 fully saturated rings. The van der Waals surface area contributed by atoms with Crippen molar-refractivity contribution in [2.45, 2.75) is 119 Å². The minimum atomic E-state index is -1.34. The highest BCUT2D eigenvalue weighted by Gasteiger charge is 2.62. The lowest BCUT2D eigenvalue weighted by Gasteiger charge is -2.61. The average Bonchev–Trinajstić information content (AvgIpc) is 4.00. The number of nitrogens with zero attached hydrogens (tertiary/aromatic N) is 5. The fourth-order valence-corrected chi connectivity index (χ4v) is 12.8. The molecule has 13 atom stereocenters. The van der Waals surface area contributed by atoms with Gasteiger partial charge in [0.25, 0.3) is 5.91 Å². The molecule has 10 aliphatic rings. The number of hydrogen-bond donors (Lipinski definition) is 3. The Balaban J connectivity index is 0.847. The minimum Gasteiger partial charge on any atom is -0.379 e. The Labute approximate surface area is 352 Å². The molecule has 7 aliphatic heterocycles. The van der Waals surface area contributed by atoms with E-state index in [4.69, 9.17) is 18.9 Å². The third-order valence-corrected chi connectivity index (χ3v) is 15.7. The van der Waals surface area contributed by atoms with Crippen LogP contribution in [-0.4, -0.2) is 207 Å². The number of halogens is 1. The van der Waals surface area contributed by atoms with Gasteiger partial charge in [-0.1, -0.05) is 12.8 Å². The molecule has 3 N–H and O–H groups in total. The highest BCUT2D eigenvalue weighted by molar-refractivity contribution is 6.20. The number of amides is 3. The van der Waals surface area contributed by atoms with E-state index in [2.05, 4.69) is 35.6 Å². The van der Waals surface area contributed by atoms with Gasteiger partial charge in [0.15, 0.2) is 5.78 Å². The number of carbonyl (C=O) groups is 4. The van der Waals surface area contributed by atoms with Gasteiger partial charge in [-0.3, -0.25) is 39.2 Å². The van der Waals surface area contributed by atoms with Gasteiger partial charge < -0.3 is 39.4 Å². The molecular formula is C43H65FN8O8. The van der Waals surface area contributed by atoms with Crippen LogP contribution in [0.1, 0.15) is 57.8 Å². The zero-order valence-corrected chi connectivity index (χ0v) is 34.9. The molecule has 3 aliphatic carbocycles. The molecule has 6 saturated heterocycles. The number of fused-ring (bicyclic) bond motifs is 5. The van der Waals surface area contributed by atoms with Crippen molar-refractivity contribution < 1.29 is 42.5 Å². The van der Waals surface area contributed by atoms with Crippen LogP contribution in [0.4, 0.5) is 4.39 Å². The van der Waals surface area contributed by atoms with Gasteiger partial charge in [-0.15, -0.1) is 0 Å². The Morgan fingerprint density at radius 3 is 2.28 bits per heavy atom. The maximum Gasteiger partial charge on any atom is 0.259 e. The maximum atomic E-state index is 17.0. The topological polar surface area (TPSA) is 157 Å². The number of alkyl halides is 1. The highest BCUT2D eigenvalue weighted by Crippen LogP contribution is 2.53. The van der Waals surface area contributed by atoms with Crippen LogP contribution in [0.25, 0.3) is 0 Å². The first kappa shape index (κ1) is 41.3. The normalized spacial score (nSPS) is 40.9. The van der Waals surface area contributed by atoms with Crippen LogP contribution >= 0.6 is 0 Å². The van der Waals surface area contributed by atoms with Crippen LogP contribution in [0.3, 0.4) is 0 Å². The smallest absolute Gasteiger partial charge is 0.259 e. The summed E-state index contributed by atoms with van der Waals surface area (Å²) in [7, 11) is 0. The minimum absolute atomic E-state index is 0.0123. The Kier molecular flexibility index (Phi) is 12.2. The van der Waals surface area contributed by atoms with Gasteiger partial charge in [0, 0.05) is 83.2 Å². The maximum absolute atomic E-state index is 17.0. The van der Waals surface area contributed by atoms with Crippen LogP contribution < -0.4 is 16.0 Å². The molecule has 0 spiro atoms. The lowest BCUT2D eigenvalue weighted by atomic mass is 9.67. The number of morpholine rings is 3. The second-order valence-corrected chi connectivity index (χ2v) is 19.3. The van der Waals surface area contributed by atoms with E-state index < -0.39 is 30.3 Å². The molecule has 11 unspecified atom stereocenters. The molecule has 60 heavy (non-hydrogen) atoms. The van der Waals surface area contributed by atoms with E-state index in [0.717, 1.165) is 38.8 Å². The molecule has 332 valence electrons. The molecule has 7 heterocycles. The number of ether oxygens (including phenoxy) is 4. The van der Waals surface area contributed by atoms with Gasteiger partial charge in [0.1, 0.15) is 6.17 Å². The van der Waals surface area contributed by atoms with Gasteiger partial charge in [0.05, 0.1) is 87.6 Å². The predicted octanol–water partition coefficient (Wildman–Crippen LogP) is -0.527. The summed E-state index contributed by atoms with van der Waals surface area (Å²) >= 11 is 0. The van der Waals surface area contributed by atoms with Gasteiger partial charge in [-0.2, -0.15) is 0 Å². The van der Waals surface area contributed by atoms with E-state index in [9.17, 15) is 19.2 Å². The monoisotopic (exact) mass is 840 g/mol. The lowest BCUT2D eigenvalue weighted by Crippen LogP contribution is -2.73. The average molecular weight is 841 g/mol. The van der Waals surface area contributed by atoms with Crippen molar-refractivity contribution in [2.75, 3.05) is 98.5 Å². The van der Waals surface area contributed by atoms with E-state index in [1.54, 1.807) is 4.90 Å². The number of likely N-dealkylation sites (tertiary alicyclic amines) is 2. The molecular weight excluding hydrogens is 776 g/mol. The number of hydrogen-bond acceptors (Lipinski definition) is 13. The van der Waals surface area contributed by atoms with E-state index in [-0.39, 0.29) is 78.5 Å². The zero-order chi connectivity index (χ0) is 40.9. The Morgan fingerprint density at radius 2 is 1.47 bits per heavy atom. The second-order valence-electron chi connectivity index (χ2n) is 19.3. The van der Waals surface area contributed by atoms with E-state index in [0.29, 0.717) is 104 Å². The SMILES string of the molecule is O=C(CN1CCOCC1)N[C@@H]1CCN(C(=O)C2=CN3C4CC5OC6CCCCC6C5CC4OC4C(N5CC[C@@H](NC(=O)CNCN6CCOCC6)C5)C(F)CC(C2=O)C43)C1. The Hall–Kier alpha value is -2.77. The first-order chi connectivity index (χ1) is 29.3. The van der Waals surface area contributed by atoms with E-state index in [1.807, 2.05) is 6.20 Å². The Morgan fingerprint density at radius 1 is 0.733 bits per heavy atom. The second kappa shape index (κ2) is 17.8. The van der Waals surface area contributed by atoms with Crippen LogP contribution in [-0.2, 0) is 38.1 Å². The lowest BCUT2D eigenvalue weighted by molar-refractivity contribution is -0.220. The first-order valence-corrected chi connectivity index (χ1v) is 23.2. The molecule has 17 heteroatoms. The van der Waals surface area contributed by atoms with Crippen molar-refractivity contribution in [3.63, 3.8) is 0 Å². The van der Waals surface area contributed by atoms with Gasteiger partial charge in [-0.25, -0.2) is 4.39 Å². The van der Waals surface area contributed by atoms with Gasteiger partial charge in [-0.05, 0) is 56.8 Å². The van der Waals surface area contributed by atoms with Crippen LogP contribution in [0.15, 0.2) is 11.8 Å². The molecule has 0 bridgehead atoms. The summed E-state index contributed by atoms with van der Waals surface area (Å²) < 4.78 is 41.8. The molecule has 0 aromatic carbocycles. The van der Waals surface area contributed by atoms with Crippen LogP contribution in [0.2, 0.25) is 0 Å². The quantitative estimate of drug-likeness (QED) is 0.242. The van der Waals surface area contributed by atoms with Gasteiger partial charge >= 0.3 is 0 Å². The molecule has 3 amide bonds. The van der Waals surface area contributed by atoms with Gasteiger partial charge in [0.2, 0.25) is 11.8 Å². The van der Waals surface area contributed by atoms with Crippen molar-refractivity contribution in [1.29, 1.82) is 0 Å². The largest absolute Gasteiger partial charge is 0.379 e. The fourth-order valence-electron chi connectivity index (χ4n) is 12.8. The van der Waals surface area contributed by atoms with Crippen molar-refractivity contribution >= 4 is 23.5 Å². The predicted molar refractivity (Wildman–Crippen MR) is 215 cm³/mol. The Bertz CT molecular complexity index is 1650. The number of carbonyl (C=O) groups excluding carboxylic acids is 4. The summed E-state index contributed by atoms with van der Waals surface area (Å²) in [6.07, 6.45) is 7.66. The summed E-state index contributed by atoms with van der Waals surface area (Å²) in [6.45, 7) is 8.76. The van der Waals surface area contributed by atoms with Crippen molar-refractivity contribution in [2.24, 2.45) is 17.8 Å². The number of rotatable bonds is 10. The number of Topliss-reactive ketones (excluding diaryl/α,β-unsaturated/α-hetero) is 1. The highest BCUT2D eigenvalue weighted by atomic mass is 19.1. The molecule has 3 saturated carbocycles. The molecule has 0 radical (unpaired) electrons. The van der Waals surface area contributed by atoms with Crippen molar-refractivity contribution in [3.05, 3.63) is 11.8 Å². The third kappa shape index (κ3) is 8.26.